The molecule has 0 aliphatic rings. The summed E-state index contributed by atoms with van der Waals surface area (Å²) in [5.41, 5.74) is 11.6. The molecule has 0 aliphatic heterocycles. The van der Waals surface area contributed by atoms with E-state index in [1.807, 2.05) is 11.8 Å². The van der Waals surface area contributed by atoms with Gasteiger partial charge in [-0.25, -0.2) is 0 Å². The fourth-order valence-electron chi connectivity index (χ4n) is 2.31. The van der Waals surface area contributed by atoms with Crippen molar-refractivity contribution in [3.05, 3.63) is 64.7 Å². The third-order valence-electron chi connectivity index (χ3n) is 3.85. The first-order chi connectivity index (χ1) is 10.1. The lowest BCUT2D eigenvalue weighted by molar-refractivity contribution is 0.828. The molecule has 0 heterocycles. The van der Waals surface area contributed by atoms with Gasteiger partial charge in [0.2, 0.25) is 0 Å². The van der Waals surface area contributed by atoms with Gasteiger partial charge in [-0.2, -0.15) is 0 Å². The van der Waals surface area contributed by atoms with Crippen LogP contribution in [0.5, 0.6) is 0 Å². The molecule has 0 radical (unpaired) electrons. The van der Waals surface area contributed by atoms with E-state index in [9.17, 15) is 0 Å². The molecule has 0 spiro atoms. The molecule has 21 heavy (non-hydrogen) atoms. The van der Waals surface area contributed by atoms with E-state index in [-0.39, 0.29) is 6.04 Å². The van der Waals surface area contributed by atoms with Gasteiger partial charge in [0, 0.05) is 16.7 Å². The molecule has 2 N–H and O–H groups in total. The second-order valence-corrected chi connectivity index (χ2v) is 6.75. The number of benzene rings is 2. The molecule has 0 amide bonds. The zero-order valence-corrected chi connectivity index (χ0v) is 14.0. The van der Waals surface area contributed by atoms with E-state index in [1.165, 1.54) is 33.6 Å². The van der Waals surface area contributed by atoms with E-state index >= 15 is 0 Å². The molecule has 0 aliphatic carbocycles. The van der Waals surface area contributed by atoms with E-state index in [4.69, 9.17) is 5.73 Å². The van der Waals surface area contributed by atoms with Crippen molar-refractivity contribution >= 4 is 11.8 Å². The van der Waals surface area contributed by atoms with E-state index in [0.29, 0.717) is 0 Å². The van der Waals surface area contributed by atoms with Crippen LogP contribution in [0.1, 0.15) is 41.6 Å². The maximum Gasteiger partial charge on any atom is 0.0390 e. The first kappa shape index (κ1) is 16.1. The van der Waals surface area contributed by atoms with E-state index in [2.05, 4.69) is 63.2 Å². The van der Waals surface area contributed by atoms with Crippen LogP contribution in [0.4, 0.5) is 0 Å². The summed E-state index contributed by atoms with van der Waals surface area (Å²) < 4.78 is 0. The number of rotatable bonds is 6. The van der Waals surface area contributed by atoms with Crippen molar-refractivity contribution in [2.45, 2.75) is 44.6 Å². The van der Waals surface area contributed by atoms with Gasteiger partial charge in [-0.3, -0.25) is 0 Å². The predicted octanol–water partition coefficient (Wildman–Crippen LogP) is 5.05. The minimum absolute atomic E-state index is 0.0901. The summed E-state index contributed by atoms with van der Waals surface area (Å²) in [7, 11) is 0. The van der Waals surface area contributed by atoms with Crippen LogP contribution < -0.4 is 5.73 Å². The Morgan fingerprint density at radius 1 is 1.00 bits per heavy atom. The quantitative estimate of drug-likeness (QED) is 0.755. The fraction of sp³-hybridized carbons (Fsp3) is 0.368. The Hall–Kier alpha value is -1.25. The molecule has 112 valence electrons. The van der Waals surface area contributed by atoms with Crippen molar-refractivity contribution in [2.24, 2.45) is 5.73 Å². The summed E-state index contributed by atoms with van der Waals surface area (Å²) >= 11 is 1.84. The van der Waals surface area contributed by atoms with Crippen LogP contribution in [-0.4, -0.2) is 5.75 Å². The third kappa shape index (κ3) is 4.62. The highest BCUT2D eigenvalue weighted by Gasteiger charge is 2.07. The van der Waals surface area contributed by atoms with Crippen molar-refractivity contribution in [3.8, 4) is 0 Å². The molecule has 0 bridgehead atoms. The summed E-state index contributed by atoms with van der Waals surface area (Å²) in [6.45, 7) is 6.51. The lowest BCUT2D eigenvalue weighted by atomic mass is 10.0. The zero-order valence-electron chi connectivity index (χ0n) is 13.2. The number of hydrogen-bond acceptors (Lipinski definition) is 2. The molecule has 2 aromatic rings. The SMILES string of the molecule is CCCc1ccc(C(N)CSc2ccc(C)c(C)c2)cc1. The van der Waals surface area contributed by atoms with Crippen LogP contribution in [0, 0.1) is 13.8 Å². The van der Waals surface area contributed by atoms with Gasteiger partial charge in [-0.05, 0) is 54.7 Å². The monoisotopic (exact) mass is 299 g/mol. The minimum Gasteiger partial charge on any atom is -0.323 e. The average molecular weight is 299 g/mol. The predicted molar refractivity (Wildman–Crippen MR) is 94.0 cm³/mol. The molecule has 0 fully saturated rings. The Balaban J connectivity index is 1.94. The summed E-state index contributed by atoms with van der Waals surface area (Å²) in [4.78, 5) is 1.30. The van der Waals surface area contributed by atoms with E-state index in [1.54, 1.807) is 0 Å². The highest BCUT2D eigenvalue weighted by Crippen LogP contribution is 2.25. The van der Waals surface area contributed by atoms with Crippen molar-refractivity contribution in [1.82, 2.24) is 0 Å². The van der Waals surface area contributed by atoms with Gasteiger partial charge < -0.3 is 5.73 Å². The van der Waals surface area contributed by atoms with Crippen molar-refractivity contribution in [1.29, 1.82) is 0 Å². The van der Waals surface area contributed by atoms with E-state index < -0.39 is 0 Å². The lowest BCUT2D eigenvalue weighted by Crippen LogP contribution is -2.12. The Bertz CT molecular complexity index is 575. The van der Waals surface area contributed by atoms with Gasteiger partial charge in [0.05, 0.1) is 0 Å². The number of aryl methyl sites for hydroxylation is 3. The summed E-state index contributed by atoms with van der Waals surface area (Å²) in [5, 5.41) is 0. The Morgan fingerprint density at radius 2 is 1.71 bits per heavy atom. The van der Waals surface area contributed by atoms with Crippen LogP contribution in [-0.2, 0) is 6.42 Å². The van der Waals surface area contributed by atoms with Gasteiger partial charge in [-0.15, -0.1) is 11.8 Å². The van der Waals surface area contributed by atoms with Gasteiger partial charge in [-0.1, -0.05) is 43.7 Å². The summed E-state index contributed by atoms with van der Waals surface area (Å²) in [6, 6.07) is 15.5. The molecule has 2 aromatic carbocycles. The van der Waals surface area contributed by atoms with Crippen LogP contribution in [0.15, 0.2) is 47.4 Å². The fourth-order valence-corrected chi connectivity index (χ4v) is 3.29. The van der Waals surface area contributed by atoms with Crippen LogP contribution >= 0.6 is 11.8 Å². The Labute approximate surface area is 133 Å². The van der Waals surface area contributed by atoms with Crippen molar-refractivity contribution in [3.63, 3.8) is 0 Å². The summed E-state index contributed by atoms with van der Waals surface area (Å²) in [6.07, 6.45) is 2.33. The van der Waals surface area contributed by atoms with Crippen molar-refractivity contribution < 1.29 is 0 Å². The molecule has 1 nitrogen and oxygen atoms in total. The number of thioether (sulfide) groups is 1. The number of nitrogens with two attached hydrogens (primary N) is 1. The zero-order chi connectivity index (χ0) is 15.2. The molecule has 0 saturated carbocycles. The molecule has 0 aromatic heterocycles. The molecular formula is C19H25NS. The molecule has 1 atom stereocenters. The van der Waals surface area contributed by atoms with Crippen molar-refractivity contribution in [2.75, 3.05) is 5.75 Å². The molecule has 2 heteroatoms. The lowest BCUT2D eigenvalue weighted by Gasteiger charge is -2.13. The van der Waals surface area contributed by atoms with Crippen LogP contribution in [0.2, 0.25) is 0 Å². The smallest absolute Gasteiger partial charge is 0.0390 e. The minimum atomic E-state index is 0.0901. The maximum atomic E-state index is 6.31. The standard InChI is InChI=1S/C19H25NS/c1-4-5-16-7-9-17(10-8-16)19(20)13-21-18-11-6-14(2)15(3)12-18/h6-12,19H,4-5,13,20H2,1-3H3. The van der Waals surface area contributed by atoms with E-state index in [0.717, 1.165) is 12.2 Å². The summed E-state index contributed by atoms with van der Waals surface area (Å²) in [5.74, 6) is 0.912. The van der Waals surface area contributed by atoms with Gasteiger partial charge in [0.15, 0.2) is 0 Å². The molecule has 0 saturated heterocycles. The van der Waals surface area contributed by atoms with Crippen LogP contribution in [0.3, 0.4) is 0 Å². The molecule has 2 rings (SSSR count). The topological polar surface area (TPSA) is 26.0 Å². The van der Waals surface area contributed by atoms with Gasteiger partial charge >= 0.3 is 0 Å². The highest BCUT2D eigenvalue weighted by molar-refractivity contribution is 7.99. The first-order valence-corrected chi connectivity index (χ1v) is 8.63. The van der Waals surface area contributed by atoms with Crippen LogP contribution in [0.25, 0.3) is 0 Å². The normalized spacial score (nSPS) is 12.4. The Morgan fingerprint density at radius 3 is 2.33 bits per heavy atom. The number of hydrogen-bond donors (Lipinski definition) is 1. The highest BCUT2D eigenvalue weighted by atomic mass is 32.2. The maximum absolute atomic E-state index is 6.31. The Kier molecular flexibility index (Phi) is 5.89. The molecule has 1 unspecified atom stereocenters. The van der Waals surface area contributed by atoms with Gasteiger partial charge in [0.25, 0.3) is 0 Å². The molecular weight excluding hydrogens is 274 g/mol. The second-order valence-electron chi connectivity index (χ2n) is 5.66. The third-order valence-corrected chi connectivity index (χ3v) is 4.97. The second kappa shape index (κ2) is 7.67. The largest absolute Gasteiger partial charge is 0.323 e. The van der Waals surface area contributed by atoms with Gasteiger partial charge in [0.1, 0.15) is 0 Å². The average Bonchev–Trinajstić information content (AvgIpc) is 2.49. The first-order valence-electron chi connectivity index (χ1n) is 7.64.